The molecule has 2 aliphatic rings. The molecule has 10 nitrogen and oxygen atoms in total. The van der Waals surface area contributed by atoms with Crippen molar-refractivity contribution in [2.45, 2.75) is 44.6 Å². The van der Waals surface area contributed by atoms with Gasteiger partial charge < -0.3 is 19.3 Å². The maximum absolute atomic E-state index is 12.6. The Hall–Kier alpha value is -3.61. The van der Waals surface area contributed by atoms with Crippen LogP contribution in [0, 0.1) is 5.92 Å². The molecule has 0 bridgehead atoms. The Bertz CT molecular complexity index is 1300. The number of nitrogens with one attached hydrogen (secondary N) is 1. The number of aromatic nitrogens is 4. The second-order valence-electron chi connectivity index (χ2n) is 8.78. The molecule has 1 aliphatic carbocycles. The maximum atomic E-state index is 12.6. The monoisotopic (exact) mass is 524 g/mol. The van der Waals surface area contributed by atoms with Gasteiger partial charge in [-0.05, 0) is 56.9 Å². The van der Waals surface area contributed by atoms with Gasteiger partial charge in [0.1, 0.15) is 24.2 Å². The number of amides is 1. The summed E-state index contributed by atoms with van der Waals surface area (Å²) < 4.78 is 52.4. The van der Waals surface area contributed by atoms with Gasteiger partial charge in [-0.15, -0.1) is 13.2 Å². The summed E-state index contributed by atoms with van der Waals surface area (Å²) in [7, 11) is 0. The van der Waals surface area contributed by atoms with Gasteiger partial charge in [0, 0.05) is 11.8 Å². The summed E-state index contributed by atoms with van der Waals surface area (Å²) in [6.45, 7) is 3.99. The third-order valence-electron chi connectivity index (χ3n) is 6.08. The van der Waals surface area contributed by atoms with Gasteiger partial charge in [0.2, 0.25) is 17.7 Å². The molecule has 2 fully saturated rings. The smallest absolute Gasteiger partial charge is 0.447 e. The zero-order valence-corrected chi connectivity index (χ0v) is 19.8. The average Bonchev–Trinajstić information content (AvgIpc) is 3.48. The molecule has 1 saturated heterocycles. The highest BCUT2D eigenvalue weighted by molar-refractivity contribution is 6.32. The highest BCUT2D eigenvalue weighted by Crippen LogP contribution is 2.47. The van der Waals surface area contributed by atoms with Crippen LogP contribution in [0.4, 0.5) is 29.7 Å². The highest BCUT2D eigenvalue weighted by Gasteiger charge is 2.54. The summed E-state index contributed by atoms with van der Waals surface area (Å²) in [6.07, 6.45) is -1.80. The first-order valence-corrected chi connectivity index (χ1v) is 11.4. The van der Waals surface area contributed by atoms with Crippen LogP contribution in [0.3, 0.4) is 0 Å². The van der Waals surface area contributed by atoms with Crippen LogP contribution in [0.2, 0.25) is 5.02 Å². The number of hydrogen-bond donors (Lipinski definition) is 1. The number of anilines is 2. The predicted octanol–water partition coefficient (Wildman–Crippen LogP) is 5.38. The van der Waals surface area contributed by atoms with E-state index in [1.54, 1.807) is 17.9 Å². The zero-order chi connectivity index (χ0) is 25.7. The Balaban J connectivity index is 1.33. The summed E-state index contributed by atoms with van der Waals surface area (Å²) in [4.78, 5) is 26.9. The predicted molar refractivity (Wildman–Crippen MR) is 120 cm³/mol. The van der Waals surface area contributed by atoms with Crippen LogP contribution in [-0.2, 0) is 4.74 Å². The van der Waals surface area contributed by atoms with Gasteiger partial charge >= 0.3 is 12.5 Å². The lowest BCUT2D eigenvalue weighted by molar-refractivity contribution is -0.274. The zero-order valence-electron chi connectivity index (χ0n) is 19.0. The molecule has 1 N–H and O–H groups in total. The molecule has 0 spiro atoms. The Morgan fingerprint density at radius 1 is 1.28 bits per heavy atom. The SMILES string of the molecule is C[C@H](Nc1nccc(N2C(=O)OCC2(C)C2CC2)n1)c1nc(-c2ccc(Cl)c(OC(F)(F)F)c2)no1. The van der Waals surface area contributed by atoms with E-state index in [0.29, 0.717) is 18.3 Å². The third kappa shape index (κ3) is 4.74. The standard InChI is InChI=1S/C22H20ClF3N6O4/c1-11(18-30-17(31-36-18)12-3-6-14(23)15(9-12)35-22(24,25)26)28-19-27-8-7-16(29-19)32-20(33)34-10-21(32,2)13-4-5-13/h3,6-9,11,13H,4-5,10H2,1-2H3,(H,27,28,29)/t11-,21?/m0/s1. The van der Waals surface area contributed by atoms with E-state index >= 15 is 0 Å². The fraction of sp³-hybridized carbons (Fsp3) is 0.409. The molecule has 1 aromatic carbocycles. The van der Waals surface area contributed by atoms with E-state index in [4.69, 9.17) is 20.9 Å². The van der Waals surface area contributed by atoms with Crippen molar-refractivity contribution < 1.29 is 32.0 Å². The van der Waals surface area contributed by atoms with Crippen molar-refractivity contribution in [2.75, 3.05) is 16.8 Å². The van der Waals surface area contributed by atoms with Gasteiger partial charge in [-0.1, -0.05) is 16.8 Å². The minimum atomic E-state index is -4.90. The first-order valence-electron chi connectivity index (χ1n) is 11.0. The molecule has 1 unspecified atom stereocenters. The normalized spacial score (nSPS) is 20.8. The largest absolute Gasteiger partial charge is 0.573 e. The van der Waals surface area contributed by atoms with Crippen molar-refractivity contribution in [3.63, 3.8) is 0 Å². The van der Waals surface area contributed by atoms with Crippen molar-refractivity contribution >= 4 is 29.5 Å². The van der Waals surface area contributed by atoms with Crippen molar-refractivity contribution in [1.82, 2.24) is 20.1 Å². The number of rotatable bonds is 7. The minimum Gasteiger partial charge on any atom is -0.447 e. The number of nitrogens with zero attached hydrogens (tertiary/aromatic N) is 5. The summed E-state index contributed by atoms with van der Waals surface area (Å²) in [5.41, 5.74) is -0.255. The fourth-order valence-electron chi connectivity index (χ4n) is 4.08. The van der Waals surface area contributed by atoms with Crippen LogP contribution in [0.5, 0.6) is 5.75 Å². The van der Waals surface area contributed by atoms with E-state index in [1.807, 2.05) is 6.92 Å². The van der Waals surface area contributed by atoms with Gasteiger partial charge in [-0.25, -0.2) is 9.78 Å². The Kier molecular flexibility index (Phi) is 5.89. The molecule has 2 aromatic heterocycles. The first-order chi connectivity index (χ1) is 17.0. The number of cyclic esters (lactones) is 1. The maximum Gasteiger partial charge on any atom is 0.573 e. The van der Waals surface area contributed by atoms with E-state index in [-0.39, 0.29) is 28.2 Å². The number of alkyl halides is 3. The fourth-order valence-corrected chi connectivity index (χ4v) is 4.23. The highest BCUT2D eigenvalue weighted by atomic mass is 35.5. The quantitative estimate of drug-likeness (QED) is 0.435. The average molecular weight is 525 g/mol. The molecule has 2 atom stereocenters. The molecule has 14 heteroatoms. The number of carbonyl (C=O) groups is 1. The number of benzene rings is 1. The number of hydrogen-bond acceptors (Lipinski definition) is 9. The molecule has 3 heterocycles. The molecule has 3 aromatic rings. The van der Waals surface area contributed by atoms with Crippen LogP contribution >= 0.6 is 11.6 Å². The Labute approximate surface area is 207 Å². The van der Waals surface area contributed by atoms with E-state index in [1.165, 1.54) is 18.3 Å². The second kappa shape index (κ2) is 8.80. The summed E-state index contributed by atoms with van der Waals surface area (Å²) in [6, 6.07) is 4.82. The molecule has 0 radical (unpaired) electrons. The first kappa shape index (κ1) is 24.1. The van der Waals surface area contributed by atoms with E-state index < -0.39 is 29.8 Å². The lowest BCUT2D eigenvalue weighted by Gasteiger charge is -2.31. The van der Waals surface area contributed by atoms with Gasteiger partial charge in [0.25, 0.3) is 0 Å². The van der Waals surface area contributed by atoms with Crippen LogP contribution < -0.4 is 15.0 Å². The number of halogens is 4. The number of ether oxygens (including phenoxy) is 2. The molecule has 1 amide bonds. The van der Waals surface area contributed by atoms with Gasteiger partial charge in [0.05, 0.1) is 10.6 Å². The van der Waals surface area contributed by atoms with E-state index in [0.717, 1.165) is 18.9 Å². The van der Waals surface area contributed by atoms with Gasteiger partial charge in [0.15, 0.2) is 0 Å². The van der Waals surface area contributed by atoms with Gasteiger partial charge in [-0.3, -0.25) is 4.90 Å². The van der Waals surface area contributed by atoms with Crippen molar-refractivity contribution in [2.24, 2.45) is 5.92 Å². The van der Waals surface area contributed by atoms with Crippen LogP contribution in [-0.4, -0.2) is 44.7 Å². The topological polar surface area (TPSA) is 116 Å². The van der Waals surface area contributed by atoms with Crippen LogP contribution in [0.1, 0.15) is 38.6 Å². The summed E-state index contributed by atoms with van der Waals surface area (Å²) in [5.74, 6) is 0.558. The molecular formula is C22H20ClF3N6O4. The lowest BCUT2D eigenvalue weighted by Crippen LogP contribution is -2.47. The third-order valence-corrected chi connectivity index (χ3v) is 6.39. The van der Waals surface area contributed by atoms with Gasteiger partial charge in [-0.2, -0.15) is 9.97 Å². The molecule has 190 valence electrons. The molecule has 5 rings (SSSR count). The van der Waals surface area contributed by atoms with Crippen LogP contribution in [0.15, 0.2) is 35.0 Å². The Morgan fingerprint density at radius 2 is 2.06 bits per heavy atom. The summed E-state index contributed by atoms with van der Waals surface area (Å²) >= 11 is 5.80. The molecule has 1 saturated carbocycles. The van der Waals surface area contributed by atoms with Crippen molar-refractivity contribution in [1.29, 1.82) is 0 Å². The van der Waals surface area contributed by atoms with E-state index in [9.17, 15) is 18.0 Å². The number of carbonyl (C=O) groups excluding carboxylic acids is 1. The molecule has 1 aliphatic heterocycles. The summed E-state index contributed by atoms with van der Waals surface area (Å²) in [5, 5.41) is 6.65. The van der Waals surface area contributed by atoms with Crippen molar-refractivity contribution in [3.05, 3.63) is 41.4 Å². The van der Waals surface area contributed by atoms with Crippen LogP contribution in [0.25, 0.3) is 11.4 Å². The van der Waals surface area contributed by atoms with E-state index in [2.05, 4.69) is 30.2 Å². The molecular weight excluding hydrogens is 505 g/mol. The molecule has 36 heavy (non-hydrogen) atoms. The van der Waals surface area contributed by atoms with Crippen molar-refractivity contribution in [3.8, 4) is 17.1 Å². The second-order valence-corrected chi connectivity index (χ2v) is 9.18. The Morgan fingerprint density at radius 3 is 2.78 bits per heavy atom. The lowest BCUT2D eigenvalue weighted by atomic mass is 9.96. The minimum absolute atomic E-state index is 0.0389.